The molecular weight excluding hydrogens is 393 g/mol. The molecule has 1 aliphatic heterocycles. The molecule has 0 aliphatic carbocycles. The number of nitrogens with one attached hydrogen (secondary N) is 1. The van der Waals surface area contributed by atoms with Crippen molar-refractivity contribution in [1.29, 1.82) is 0 Å². The summed E-state index contributed by atoms with van der Waals surface area (Å²) in [5.74, 6) is 0.197. The molecule has 1 aromatic carbocycles. The quantitative estimate of drug-likeness (QED) is 0.653. The molecule has 0 saturated carbocycles. The minimum absolute atomic E-state index is 0. The SMILES string of the molecule is Cc1ccc(-c2ccccn2)c(C(=O)N2CCCC(C)[C@H]2CNc2ncc(F)cn2)c1.[HH]. The predicted octanol–water partition coefficient (Wildman–Crippen LogP) is 4.58. The van der Waals surface area contributed by atoms with Gasteiger partial charge in [-0.25, -0.2) is 14.4 Å². The van der Waals surface area contributed by atoms with Crippen LogP contribution in [0.1, 0.15) is 37.1 Å². The van der Waals surface area contributed by atoms with Crippen LogP contribution < -0.4 is 5.32 Å². The molecule has 0 bridgehead atoms. The van der Waals surface area contributed by atoms with E-state index in [0.29, 0.717) is 30.5 Å². The molecule has 0 radical (unpaired) electrons. The van der Waals surface area contributed by atoms with Gasteiger partial charge in [0.1, 0.15) is 0 Å². The van der Waals surface area contributed by atoms with E-state index in [1.54, 1.807) is 6.20 Å². The predicted molar refractivity (Wildman–Crippen MR) is 120 cm³/mol. The van der Waals surface area contributed by atoms with E-state index in [9.17, 15) is 9.18 Å². The Labute approximate surface area is 183 Å². The van der Waals surface area contributed by atoms with Crippen molar-refractivity contribution >= 4 is 11.9 Å². The lowest BCUT2D eigenvalue weighted by molar-refractivity contribution is 0.0540. The van der Waals surface area contributed by atoms with Crippen LogP contribution in [-0.2, 0) is 0 Å². The van der Waals surface area contributed by atoms with Gasteiger partial charge in [-0.05, 0) is 43.9 Å². The monoisotopic (exact) mass is 421 g/mol. The van der Waals surface area contributed by atoms with E-state index in [0.717, 1.165) is 42.1 Å². The number of aromatic nitrogens is 3. The van der Waals surface area contributed by atoms with Crippen LogP contribution in [0.3, 0.4) is 0 Å². The highest BCUT2D eigenvalue weighted by molar-refractivity contribution is 6.01. The zero-order valence-corrected chi connectivity index (χ0v) is 17.8. The Hall–Kier alpha value is -3.35. The number of anilines is 1. The minimum atomic E-state index is -0.477. The number of carbonyl (C=O) groups excluding carboxylic acids is 1. The summed E-state index contributed by atoms with van der Waals surface area (Å²) >= 11 is 0. The Morgan fingerprint density at radius 1 is 1.23 bits per heavy atom. The lowest BCUT2D eigenvalue weighted by Crippen LogP contribution is -2.51. The fourth-order valence-electron chi connectivity index (χ4n) is 4.15. The summed E-state index contributed by atoms with van der Waals surface area (Å²) in [4.78, 5) is 28.1. The molecule has 31 heavy (non-hydrogen) atoms. The fourth-order valence-corrected chi connectivity index (χ4v) is 4.15. The summed E-state index contributed by atoms with van der Waals surface area (Å²) in [6.07, 6.45) is 6.01. The van der Waals surface area contributed by atoms with Crippen molar-refractivity contribution in [3.05, 3.63) is 71.9 Å². The van der Waals surface area contributed by atoms with Gasteiger partial charge in [0.25, 0.3) is 5.91 Å². The van der Waals surface area contributed by atoms with Crippen LogP contribution in [0, 0.1) is 18.7 Å². The number of likely N-dealkylation sites (tertiary alicyclic amines) is 1. The number of hydrogen-bond donors (Lipinski definition) is 1. The van der Waals surface area contributed by atoms with Gasteiger partial charge in [-0.3, -0.25) is 9.78 Å². The summed E-state index contributed by atoms with van der Waals surface area (Å²) in [7, 11) is 0. The average molecular weight is 422 g/mol. The summed E-state index contributed by atoms with van der Waals surface area (Å²) < 4.78 is 13.1. The second kappa shape index (κ2) is 9.20. The van der Waals surface area contributed by atoms with E-state index in [1.807, 2.05) is 48.2 Å². The Bertz CT molecular complexity index is 1050. The standard InChI is InChI=1S/C24H26FN5O.H2/c1-16-8-9-19(21-7-3-4-10-26-21)20(12-16)23(31)30-11-5-6-17(2)22(30)15-29-24-27-13-18(25)14-28-24;/h3-4,7-10,12-14,17,22H,5-6,11,15H2,1-2H3,(H,27,28,29);1H/t17?,22-;/m1./s1. The first kappa shape index (κ1) is 20.9. The van der Waals surface area contributed by atoms with Crippen molar-refractivity contribution in [1.82, 2.24) is 19.9 Å². The fraction of sp³-hybridized carbons (Fsp3) is 0.333. The number of pyridine rings is 1. The van der Waals surface area contributed by atoms with Crippen LogP contribution >= 0.6 is 0 Å². The number of piperidine rings is 1. The van der Waals surface area contributed by atoms with Gasteiger partial charge in [0.15, 0.2) is 5.82 Å². The molecule has 2 atom stereocenters. The maximum Gasteiger partial charge on any atom is 0.254 e. The van der Waals surface area contributed by atoms with E-state index in [4.69, 9.17) is 0 Å². The second-order valence-corrected chi connectivity index (χ2v) is 8.06. The third-order valence-electron chi connectivity index (χ3n) is 5.81. The van der Waals surface area contributed by atoms with Gasteiger partial charge >= 0.3 is 0 Å². The van der Waals surface area contributed by atoms with Crippen LogP contribution in [0.5, 0.6) is 0 Å². The summed E-state index contributed by atoms with van der Waals surface area (Å²) in [6, 6.07) is 11.6. The van der Waals surface area contributed by atoms with Gasteiger partial charge in [0, 0.05) is 31.8 Å². The van der Waals surface area contributed by atoms with Crippen LogP contribution in [0.25, 0.3) is 11.3 Å². The molecular formula is C24H28FN5O. The molecule has 7 heteroatoms. The zero-order valence-electron chi connectivity index (χ0n) is 17.8. The lowest BCUT2D eigenvalue weighted by atomic mass is 9.89. The van der Waals surface area contributed by atoms with E-state index >= 15 is 0 Å². The zero-order chi connectivity index (χ0) is 21.8. The van der Waals surface area contributed by atoms with Crippen molar-refractivity contribution in [2.45, 2.75) is 32.7 Å². The molecule has 1 N–H and O–H groups in total. The maximum atomic E-state index is 13.7. The molecule has 1 fully saturated rings. The summed E-state index contributed by atoms with van der Waals surface area (Å²) in [5, 5.41) is 3.17. The number of nitrogens with zero attached hydrogens (tertiary/aromatic N) is 4. The number of rotatable bonds is 5. The highest BCUT2D eigenvalue weighted by Crippen LogP contribution is 2.29. The molecule has 1 unspecified atom stereocenters. The van der Waals surface area contributed by atoms with Crippen LogP contribution in [-0.4, -0.2) is 44.9 Å². The van der Waals surface area contributed by atoms with Crippen molar-refractivity contribution < 1.29 is 10.6 Å². The topological polar surface area (TPSA) is 71.0 Å². The number of halogens is 1. The summed E-state index contributed by atoms with van der Waals surface area (Å²) in [6.45, 7) is 5.34. The maximum absolute atomic E-state index is 13.7. The third-order valence-corrected chi connectivity index (χ3v) is 5.81. The van der Waals surface area contributed by atoms with Gasteiger partial charge in [-0.1, -0.05) is 30.7 Å². The first-order chi connectivity index (χ1) is 15.0. The van der Waals surface area contributed by atoms with Gasteiger partial charge in [0.2, 0.25) is 5.95 Å². The summed E-state index contributed by atoms with van der Waals surface area (Å²) in [5.41, 5.74) is 3.31. The lowest BCUT2D eigenvalue weighted by Gasteiger charge is -2.40. The smallest absolute Gasteiger partial charge is 0.254 e. The average Bonchev–Trinajstić information content (AvgIpc) is 2.79. The number of carbonyl (C=O) groups is 1. The Morgan fingerprint density at radius 3 is 2.77 bits per heavy atom. The van der Waals surface area contributed by atoms with E-state index in [-0.39, 0.29) is 13.4 Å². The first-order valence-corrected chi connectivity index (χ1v) is 10.6. The Morgan fingerprint density at radius 2 is 2.03 bits per heavy atom. The second-order valence-electron chi connectivity index (χ2n) is 8.06. The Kier molecular flexibility index (Phi) is 6.21. The van der Waals surface area contributed by atoms with E-state index in [2.05, 4.69) is 27.2 Å². The number of aryl methyl sites for hydroxylation is 1. The highest BCUT2D eigenvalue weighted by atomic mass is 19.1. The van der Waals surface area contributed by atoms with Gasteiger partial charge in [0.05, 0.1) is 24.1 Å². The Balaban J connectivity index is 0.00000289. The van der Waals surface area contributed by atoms with Crippen molar-refractivity contribution in [3.63, 3.8) is 0 Å². The van der Waals surface area contributed by atoms with Crippen molar-refractivity contribution in [3.8, 4) is 11.3 Å². The molecule has 1 aliphatic rings. The number of hydrogen-bond acceptors (Lipinski definition) is 5. The highest BCUT2D eigenvalue weighted by Gasteiger charge is 2.33. The molecule has 1 saturated heterocycles. The number of benzene rings is 1. The molecule has 1 amide bonds. The van der Waals surface area contributed by atoms with Crippen molar-refractivity contribution in [2.24, 2.45) is 5.92 Å². The van der Waals surface area contributed by atoms with Gasteiger partial charge in [-0.2, -0.15) is 0 Å². The molecule has 162 valence electrons. The first-order valence-electron chi connectivity index (χ1n) is 10.6. The largest absolute Gasteiger partial charge is 0.352 e. The third kappa shape index (κ3) is 4.71. The van der Waals surface area contributed by atoms with Crippen LogP contribution in [0.4, 0.5) is 10.3 Å². The van der Waals surface area contributed by atoms with Crippen LogP contribution in [0.2, 0.25) is 0 Å². The van der Waals surface area contributed by atoms with E-state index < -0.39 is 5.82 Å². The molecule has 6 nitrogen and oxygen atoms in total. The van der Waals surface area contributed by atoms with Gasteiger partial charge in [-0.15, -0.1) is 0 Å². The number of amides is 1. The molecule has 2 aromatic heterocycles. The molecule has 3 aromatic rings. The van der Waals surface area contributed by atoms with Gasteiger partial charge < -0.3 is 10.2 Å². The minimum Gasteiger partial charge on any atom is -0.352 e. The van der Waals surface area contributed by atoms with Crippen molar-refractivity contribution in [2.75, 3.05) is 18.4 Å². The molecule has 4 rings (SSSR count). The normalized spacial score (nSPS) is 18.6. The van der Waals surface area contributed by atoms with E-state index in [1.165, 1.54) is 0 Å². The van der Waals surface area contributed by atoms with Crippen LogP contribution in [0.15, 0.2) is 55.0 Å². The molecule has 3 heterocycles. The molecule has 0 spiro atoms.